The fraction of sp³-hybridized carbons (Fsp3) is 0.636. The van der Waals surface area contributed by atoms with Crippen molar-refractivity contribution in [1.29, 1.82) is 0 Å². The van der Waals surface area contributed by atoms with Crippen LogP contribution in [0.4, 0.5) is 11.8 Å². The number of hydrogen-bond donors (Lipinski definition) is 2. The largest absolute Gasteiger partial charge is 0.358 e. The number of nitrogens with two attached hydrogens (primary N) is 1. The van der Waals surface area contributed by atoms with Gasteiger partial charge in [-0.3, -0.25) is 0 Å². The van der Waals surface area contributed by atoms with Crippen molar-refractivity contribution in [2.24, 2.45) is 11.7 Å². The molecule has 2 rings (SSSR count). The lowest BCUT2D eigenvalue weighted by atomic mass is 10.4. The molecule has 1 heterocycles. The molecule has 0 spiro atoms. The van der Waals surface area contributed by atoms with Crippen molar-refractivity contribution in [2.45, 2.75) is 12.8 Å². The zero-order chi connectivity index (χ0) is 11.4. The van der Waals surface area contributed by atoms with Gasteiger partial charge in [0.15, 0.2) is 0 Å². The summed E-state index contributed by atoms with van der Waals surface area (Å²) in [5, 5.41) is 3.26. The molecule has 0 unspecified atom stereocenters. The van der Waals surface area contributed by atoms with Crippen LogP contribution in [0, 0.1) is 5.92 Å². The standard InChI is InChI=1S/C11H19N5/c1-16(7-5-12)10-4-6-13-11(15-10)14-8-9-2-3-9/h4,6,9H,2-3,5,7-8,12H2,1H3,(H,13,14,15). The molecule has 1 aromatic heterocycles. The van der Waals surface area contributed by atoms with Gasteiger partial charge >= 0.3 is 0 Å². The van der Waals surface area contributed by atoms with Gasteiger partial charge in [0.2, 0.25) is 5.95 Å². The van der Waals surface area contributed by atoms with Gasteiger partial charge in [-0.05, 0) is 24.8 Å². The van der Waals surface area contributed by atoms with Gasteiger partial charge in [-0.15, -0.1) is 0 Å². The van der Waals surface area contributed by atoms with Crippen LogP contribution in [0.2, 0.25) is 0 Å². The SMILES string of the molecule is CN(CCN)c1ccnc(NCC2CC2)n1. The van der Waals surface area contributed by atoms with Gasteiger partial charge in [0.05, 0.1) is 0 Å². The predicted molar refractivity (Wildman–Crippen MR) is 65.6 cm³/mol. The van der Waals surface area contributed by atoms with Crippen molar-refractivity contribution >= 4 is 11.8 Å². The Balaban J connectivity index is 1.94. The van der Waals surface area contributed by atoms with Crippen molar-refractivity contribution in [3.63, 3.8) is 0 Å². The lowest BCUT2D eigenvalue weighted by Gasteiger charge is -2.17. The number of aromatic nitrogens is 2. The molecule has 1 fully saturated rings. The molecule has 1 aromatic rings. The lowest BCUT2D eigenvalue weighted by Crippen LogP contribution is -2.26. The van der Waals surface area contributed by atoms with Gasteiger partial charge in [-0.25, -0.2) is 4.98 Å². The predicted octanol–water partition coefficient (Wildman–Crippen LogP) is 0.693. The molecule has 0 atom stereocenters. The third kappa shape index (κ3) is 3.06. The molecule has 1 saturated carbocycles. The highest BCUT2D eigenvalue weighted by Crippen LogP contribution is 2.28. The van der Waals surface area contributed by atoms with E-state index in [1.807, 2.05) is 18.0 Å². The summed E-state index contributed by atoms with van der Waals surface area (Å²) in [7, 11) is 1.99. The maximum absolute atomic E-state index is 5.51. The van der Waals surface area contributed by atoms with Crippen LogP contribution in [0.1, 0.15) is 12.8 Å². The number of nitrogens with one attached hydrogen (secondary N) is 1. The van der Waals surface area contributed by atoms with Crippen molar-refractivity contribution in [2.75, 3.05) is 36.9 Å². The molecule has 1 aliphatic carbocycles. The second-order valence-electron chi connectivity index (χ2n) is 4.27. The summed E-state index contributed by atoms with van der Waals surface area (Å²) >= 11 is 0. The Morgan fingerprint density at radius 2 is 2.38 bits per heavy atom. The number of nitrogens with zero attached hydrogens (tertiary/aromatic N) is 3. The molecule has 1 aliphatic rings. The van der Waals surface area contributed by atoms with Crippen molar-refractivity contribution in [1.82, 2.24) is 9.97 Å². The highest BCUT2D eigenvalue weighted by molar-refractivity contribution is 5.41. The first-order valence-electron chi connectivity index (χ1n) is 5.77. The molecule has 0 aromatic carbocycles. The van der Waals surface area contributed by atoms with E-state index in [0.29, 0.717) is 12.5 Å². The van der Waals surface area contributed by atoms with Gasteiger partial charge in [0, 0.05) is 32.9 Å². The minimum Gasteiger partial charge on any atom is -0.358 e. The molecular weight excluding hydrogens is 202 g/mol. The van der Waals surface area contributed by atoms with E-state index >= 15 is 0 Å². The van der Waals surface area contributed by atoms with E-state index in [1.54, 1.807) is 6.20 Å². The van der Waals surface area contributed by atoms with Crippen LogP contribution in [-0.4, -0.2) is 36.6 Å². The molecule has 0 aliphatic heterocycles. The van der Waals surface area contributed by atoms with Crippen LogP contribution < -0.4 is 16.0 Å². The monoisotopic (exact) mass is 221 g/mol. The van der Waals surface area contributed by atoms with Crippen LogP contribution in [0.25, 0.3) is 0 Å². The smallest absolute Gasteiger partial charge is 0.224 e. The van der Waals surface area contributed by atoms with E-state index < -0.39 is 0 Å². The van der Waals surface area contributed by atoms with E-state index in [1.165, 1.54) is 12.8 Å². The van der Waals surface area contributed by atoms with E-state index in [4.69, 9.17) is 5.73 Å². The first-order valence-corrected chi connectivity index (χ1v) is 5.77. The summed E-state index contributed by atoms with van der Waals surface area (Å²) in [5.41, 5.74) is 5.51. The number of hydrogen-bond acceptors (Lipinski definition) is 5. The zero-order valence-corrected chi connectivity index (χ0v) is 9.69. The van der Waals surface area contributed by atoms with Gasteiger partial charge in [-0.1, -0.05) is 0 Å². The molecule has 5 heteroatoms. The number of rotatable bonds is 6. The molecule has 0 radical (unpaired) electrons. The molecule has 0 bridgehead atoms. The normalized spacial score (nSPS) is 14.9. The van der Waals surface area contributed by atoms with Crippen LogP contribution in [0.15, 0.2) is 12.3 Å². The molecule has 0 saturated heterocycles. The quantitative estimate of drug-likeness (QED) is 0.740. The highest BCUT2D eigenvalue weighted by Gasteiger charge is 2.20. The Kier molecular flexibility index (Phi) is 3.56. The maximum atomic E-state index is 5.51. The van der Waals surface area contributed by atoms with Crippen molar-refractivity contribution in [3.05, 3.63) is 12.3 Å². The van der Waals surface area contributed by atoms with E-state index in [0.717, 1.165) is 24.8 Å². The van der Waals surface area contributed by atoms with Gasteiger partial charge in [-0.2, -0.15) is 4.98 Å². The summed E-state index contributed by atoms with van der Waals surface area (Å²) in [6.45, 7) is 2.43. The molecular formula is C11H19N5. The zero-order valence-electron chi connectivity index (χ0n) is 9.69. The minimum atomic E-state index is 0.630. The molecule has 0 amide bonds. The Labute approximate surface area is 96.1 Å². The third-order valence-corrected chi connectivity index (χ3v) is 2.74. The summed E-state index contributed by atoms with van der Waals surface area (Å²) in [6, 6.07) is 1.90. The molecule has 3 N–H and O–H groups in total. The van der Waals surface area contributed by atoms with Crippen LogP contribution in [0.5, 0.6) is 0 Å². The van der Waals surface area contributed by atoms with Crippen molar-refractivity contribution in [3.8, 4) is 0 Å². The Bertz CT molecular complexity index is 337. The topological polar surface area (TPSA) is 67.1 Å². The van der Waals surface area contributed by atoms with Gasteiger partial charge in [0.25, 0.3) is 0 Å². The average Bonchev–Trinajstić information content (AvgIpc) is 3.11. The summed E-state index contributed by atoms with van der Waals surface area (Å²) in [5.74, 6) is 2.46. The average molecular weight is 221 g/mol. The fourth-order valence-corrected chi connectivity index (χ4v) is 1.51. The Morgan fingerprint density at radius 1 is 1.56 bits per heavy atom. The summed E-state index contributed by atoms with van der Waals surface area (Å²) in [6.07, 6.45) is 4.45. The molecule has 16 heavy (non-hydrogen) atoms. The van der Waals surface area contributed by atoms with Gasteiger partial charge < -0.3 is 16.0 Å². The maximum Gasteiger partial charge on any atom is 0.224 e. The number of likely N-dealkylation sites (N-methyl/N-ethyl adjacent to an activating group) is 1. The van der Waals surface area contributed by atoms with Crippen LogP contribution in [-0.2, 0) is 0 Å². The van der Waals surface area contributed by atoms with Crippen LogP contribution in [0.3, 0.4) is 0 Å². The first-order chi connectivity index (χ1) is 7.79. The summed E-state index contributed by atoms with van der Waals surface area (Å²) in [4.78, 5) is 10.7. The van der Waals surface area contributed by atoms with E-state index in [2.05, 4.69) is 15.3 Å². The second kappa shape index (κ2) is 5.12. The second-order valence-corrected chi connectivity index (χ2v) is 4.27. The molecule has 5 nitrogen and oxygen atoms in total. The first kappa shape index (κ1) is 11.1. The minimum absolute atomic E-state index is 0.630. The molecule has 88 valence electrons. The van der Waals surface area contributed by atoms with Crippen molar-refractivity contribution < 1.29 is 0 Å². The third-order valence-electron chi connectivity index (χ3n) is 2.74. The van der Waals surface area contributed by atoms with Crippen LogP contribution >= 0.6 is 0 Å². The highest BCUT2D eigenvalue weighted by atomic mass is 15.2. The summed E-state index contributed by atoms with van der Waals surface area (Å²) < 4.78 is 0. The van der Waals surface area contributed by atoms with E-state index in [9.17, 15) is 0 Å². The van der Waals surface area contributed by atoms with Gasteiger partial charge in [0.1, 0.15) is 5.82 Å². The lowest BCUT2D eigenvalue weighted by molar-refractivity contribution is 0.850. The fourth-order valence-electron chi connectivity index (χ4n) is 1.51. The van der Waals surface area contributed by atoms with E-state index in [-0.39, 0.29) is 0 Å². The Hall–Kier alpha value is -1.36. The Morgan fingerprint density at radius 3 is 3.06 bits per heavy atom. The number of anilines is 2.